The number of nitrogens with one attached hydrogen (secondary N) is 2. The number of carbonyl (C=O) groups is 1. The van der Waals surface area contributed by atoms with Crippen molar-refractivity contribution in [2.75, 3.05) is 0 Å². The Hall–Kier alpha value is -1.29. The second-order valence-corrected chi connectivity index (χ2v) is 4.82. The fourth-order valence-electron chi connectivity index (χ4n) is 2.27. The predicted octanol–water partition coefficient (Wildman–Crippen LogP) is 2.14. The van der Waals surface area contributed by atoms with Crippen LogP contribution in [0.3, 0.4) is 0 Å². The van der Waals surface area contributed by atoms with Gasteiger partial charge in [-0.25, -0.2) is 0 Å². The molecule has 0 aliphatic heterocycles. The minimum atomic E-state index is -0.00216. The lowest BCUT2D eigenvalue weighted by atomic mass is 9.95. The van der Waals surface area contributed by atoms with Gasteiger partial charge in [-0.2, -0.15) is 0 Å². The Morgan fingerprint density at radius 1 is 1.28 bits per heavy atom. The van der Waals surface area contributed by atoms with Crippen LogP contribution in [0.25, 0.3) is 0 Å². The molecule has 0 aromatic heterocycles. The van der Waals surface area contributed by atoms with Crippen molar-refractivity contribution >= 4 is 5.91 Å². The summed E-state index contributed by atoms with van der Waals surface area (Å²) in [7, 11) is 0. The van der Waals surface area contributed by atoms with Gasteiger partial charge in [-0.1, -0.05) is 32.3 Å². The second-order valence-electron chi connectivity index (χ2n) is 4.82. The topological polar surface area (TPSA) is 67.2 Å². The number of hydrogen-bond donors (Lipinski definition) is 3. The van der Waals surface area contributed by atoms with E-state index in [2.05, 4.69) is 10.7 Å². The highest BCUT2D eigenvalue weighted by molar-refractivity contribution is 5.88. The summed E-state index contributed by atoms with van der Waals surface area (Å²) in [4.78, 5) is 11.8. The molecule has 1 amide bonds. The Labute approximate surface area is 110 Å². The van der Waals surface area contributed by atoms with Gasteiger partial charge >= 0.3 is 0 Å². The number of hydrogen-bond acceptors (Lipinski definition) is 3. The molecule has 0 bridgehead atoms. The van der Waals surface area contributed by atoms with Gasteiger partial charge in [0.1, 0.15) is 0 Å². The van der Waals surface area contributed by atoms with Gasteiger partial charge in [0.15, 0.2) is 0 Å². The summed E-state index contributed by atoms with van der Waals surface area (Å²) in [5.41, 5.74) is 4.57. The molecule has 0 spiro atoms. The minimum absolute atomic E-state index is 0.00216. The lowest BCUT2D eigenvalue weighted by Gasteiger charge is -2.21. The Bertz CT molecular complexity index is 328. The summed E-state index contributed by atoms with van der Waals surface area (Å²) >= 11 is 0. The average molecular weight is 251 g/mol. The smallest absolute Gasteiger partial charge is 0.244 e. The zero-order chi connectivity index (χ0) is 13.4. The molecule has 1 aliphatic rings. The summed E-state index contributed by atoms with van der Waals surface area (Å²) in [5, 5.41) is 3.06. The van der Waals surface area contributed by atoms with Crippen LogP contribution < -0.4 is 16.6 Å². The molecular weight excluding hydrogens is 226 g/mol. The highest BCUT2D eigenvalue weighted by atomic mass is 16.1. The van der Waals surface area contributed by atoms with E-state index in [1.54, 1.807) is 6.08 Å². The summed E-state index contributed by atoms with van der Waals surface area (Å²) in [6.45, 7) is 3.95. The van der Waals surface area contributed by atoms with Gasteiger partial charge in [0, 0.05) is 17.8 Å². The number of carbonyl (C=O) groups excluding carboxylic acids is 1. The summed E-state index contributed by atoms with van der Waals surface area (Å²) in [6, 6.07) is 0.360. The van der Waals surface area contributed by atoms with Crippen LogP contribution in [0.2, 0.25) is 0 Å². The molecular formula is C14H25N3O. The van der Waals surface area contributed by atoms with E-state index in [0.29, 0.717) is 6.04 Å². The summed E-state index contributed by atoms with van der Waals surface area (Å²) < 4.78 is 0. The third kappa shape index (κ3) is 4.92. The maximum absolute atomic E-state index is 11.8. The van der Waals surface area contributed by atoms with Crippen LogP contribution in [0.4, 0.5) is 0 Å². The van der Waals surface area contributed by atoms with Crippen molar-refractivity contribution in [3.8, 4) is 0 Å². The fraction of sp³-hybridized carbons (Fsp3) is 0.643. The Balaban J connectivity index is 2.47. The molecule has 4 N–H and O–H groups in total. The van der Waals surface area contributed by atoms with Gasteiger partial charge in [-0.15, -0.1) is 0 Å². The zero-order valence-corrected chi connectivity index (χ0v) is 11.5. The normalized spacial score (nSPS) is 18.6. The van der Waals surface area contributed by atoms with E-state index >= 15 is 0 Å². The quantitative estimate of drug-likeness (QED) is 0.303. The highest BCUT2D eigenvalue weighted by Crippen LogP contribution is 2.17. The van der Waals surface area contributed by atoms with Gasteiger partial charge in [0.05, 0.1) is 0 Å². The van der Waals surface area contributed by atoms with Crippen molar-refractivity contribution in [1.82, 2.24) is 10.7 Å². The molecule has 0 aromatic rings. The van der Waals surface area contributed by atoms with Gasteiger partial charge in [-0.3, -0.25) is 10.6 Å². The third-order valence-corrected chi connectivity index (χ3v) is 3.47. The number of allylic oxidation sites excluding steroid dienone is 3. The van der Waals surface area contributed by atoms with E-state index in [9.17, 15) is 4.79 Å². The van der Waals surface area contributed by atoms with Gasteiger partial charge in [0.2, 0.25) is 5.91 Å². The van der Waals surface area contributed by atoms with E-state index < -0.39 is 0 Å². The van der Waals surface area contributed by atoms with E-state index in [1.165, 1.54) is 19.3 Å². The van der Waals surface area contributed by atoms with Crippen molar-refractivity contribution in [2.45, 2.75) is 58.4 Å². The molecule has 0 aromatic carbocycles. The molecule has 0 heterocycles. The van der Waals surface area contributed by atoms with Crippen LogP contribution >= 0.6 is 0 Å². The van der Waals surface area contributed by atoms with Gasteiger partial charge < -0.3 is 10.7 Å². The monoisotopic (exact) mass is 251 g/mol. The fourth-order valence-corrected chi connectivity index (χ4v) is 2.27. The Kier molecular flexibility index (Phi) is 6.50. The molecule has 4 nitrogen and oxygen atoms in total. The molecule has 0 radical (unpaired) electrons. The first kappa shape index (κ1) is 14.8. The van der Waals surface area contributed by atoms with Gasteiger partial charge in [0.25, 0.3) is 0 Å². The number of hydrazine groups is 1. The predicted molar refractivity (Wildman–Crippen MR) is 74.5 cm³/mol. The van der Waals surface area contributed by atoms with Crippen LogP contribution in [0.1, 0.15) is 52.4 Å². The highest BCUT2D eigenvalue weighted by Gasteiger charge is 2.14. The second kappa shape index (κ2) is 7.93. The van der Waals surface area contributed by atoms with E-state index in [4.69, 9.17) is 5.84 Å². The molecule has 18 heavy (non-hydrogen) atoms. The van der Waals surface area contributed by atoms with Crippen molar-refractivity contribution in [3.63, 3.8) is 0 Å². The first-order valence-corrected chi connectivity index (χ1v) is 6.82. The summed E-state index contributed by atoms with van der Waals surface area (Å²) in [5.74, 6) is 5.36. The molecule has 102 valence electrons. The van der Waals surface area contributed by atoms with Crippen LogP contribution in [0.5, 0.6) is 0 Å². The van der Waals surface area contributed by atoms with Crippen molar-refractivity contribution < 1.29 is 4.79 Å². The standard InChI is InChI=1S/C14H25N3O/c1-3-12(11(2)17-15)9-10-14(18)16-13-7-5-4-6-8-13/h9-10,13,17H,3-8,15H2,1-2H3,(H,16,18)/b10-9+,12-11+. The van der Waals surface area contributed by atoms with Crippen LogP contribution in [-0.2, 0) is 4.79 Å². The Morgan fingerprint density at radius 3 is 2.50 bits per heavy atom. The molecule has 1 saturated carbocycles. The first-order chi connectivity index (χ1) is 8.67. The van der Waals surface area contributed by atoms with E-state index in [-0.39, 0.29) is 5.91 Å². The molecule has 0 saturated heterocycles. The minimum Gasteiger partial charge on any atom is -0.350 e. The third-order valence-electron chi connectivity index (χ3n) is 3.47. The average Bonchev–Trinajstić information content (AvgIpc) is 2.40. The lowest BCUT2D eigenvalue weighted by Crippen LogP contribution is -2.35. The van der Waals surface area contributed by atoms with Crippen molar-refractivity contribution in [2.24, 2.45) is 5.84 Å². The number of rotatable bonds is 5. The Morgan fingerprint density at radius 2 is 1.94 bits per heavy atom. The van der Waals surface area contributed by atoms with Crippen LogP contribution in [-0.4, -0.2) is 11.9 Å². The molecule has 4 heteroatoms. The summed E-state index contributed by atoms with van der Waals surface area (Å²) in [6.07, 6.45) is 10.3. The molecule has 1 rings (SSSR count). The van der Waals surface area contributed by atoms with E-state index in [1.807, 2.05) is 19.9 Å². The zero-order valence-electron chi connectivity index (χ0n) is 11.5. The molecule has 0 atom stereocenters. The molecule has 0 unspecified atom stereocenters. The maximum atomic E-state index is 11.8. The first-order valence-electron chi connectivity index (χ1n) is 6.82. The maximum Gasteiger partial charge on any atom is 0.244 e. The van der Waals surface area contributed by atoms with E-state index in [0.717, 1.165) is 30.5 Å². The SMILES string of the molecule is CCC(/C=C/C(=O)NC1CCCCC1)=C(/C)NN. The molecule has 1 fully saturated rings. The van der Waals surface area contributed by atoms with Crippen LogP contribution in [0.15, 0.2) is 23.4 Å². The molecule has 1 aliphatic carbocycles. The number of nitrogens with two attached hydrogens (primary N) is 1. The largest absolute Gasteiger partial charge is 0.350 e. The lowest BCUT2D eigenvalue weighted by molar-refractivity contribution is -0.117. The van der Waals surface area contributed by atoms with Crippen molar-refractivity contribution in [3.05, 3.63) is 23.4 Å². The van der Waals surface area contributed by atoms with Crippen molar-refractivity contribution in [1.29, 1.82) is 0 Å². The van der Waals surface area contributed by atoms with Gasteiger partial charge in [-0.05, 0) is 31.8 Å². The van der Waals surface area contributed by atoms with Crippen LogP contribution in [0, 0.1) is 0 Å². The number of amides is 1.